The molecular formula is C15H25N3S. The van der Waals surface area contributed by atoms with Crippen molar-refractivity contribution in [2.24, 2.45) is 0 Å². The first-order valence-electron chi connectivity index (χ1n) is 7.54. The van der Waals surface area contributed by atoms with E-state index in [0.717, 1.165) is 18.6 Å². The minimum Gasteiger partial charge on any atom is -0.295 e. The molecular weight excluding hydrogens is 254 g/mol. The average Bonchev–Trinajstić information content (AvgIpc) is 2.63. The molecule has 106 valence electrons. The monoisotopic (exact) mass is 279 g/mol. The van der Waals surface area contributed by atoms with Gasteiger partial charge in [0.05, 0.1) is 10.7 Å². The number of nitrogens with zero attached hydrogens (tertiary/aromatic N) is 3. The molecule has 2 saturated heterocycles. The molecule has 0 radical (unpaired) electrons. The first kappa shape index (κ1) is 13.5. The van der Waals surface area contributed by atoms with Crippen molar-refractivity contribution in [1.29, 1.82) is 0 Å². The Bertz CT molecular complexity index is 437. The standard InChI is InChI=1S/C15H25N3S/c1-11-6-4-5-7-18(11)14-8-17(9-14)10-15-12(2)16-13(3)19-15/h11,14H,4-10H2,1-3H3/t11-/m1/s1. The van der Waals surface area contributed by atoms with Gasteiger partial charge in [0.1, 0.15) is 0 Å². The van der Waals surface area contributed by atoms with Gasteiger partial charge in [-0.3, -0.25) is 9.80 Å². The Morgan fingerprint density at radius 2 is 2.05 bits per heavy atom. The lowest BCUT2D eigenvalue weighted by atomic mass is 9.97. The van der Waals surface area contributed by atoms with Gasteiger partial charge < -0.3 is 0 Å². The summed E-state index contributed by atoms with van der Waals surface area (Å²) in [6.07, 6.45) is 4.21. The first-order valence-corrected chi connectivity index (χ1v) is 8.36. The number of aryl methyl sites for hydroxylation is 2. The predicted octanol–water partition coefficient (Wildman–Crippen LogP) is 2.82. The van der Waals surface area contributed by atoms with Crippen molar-refractivity contribution in [3.05, 3.63) is 15.6 Å². The maximum absolute atomic E-state index is 4.52. The molecule has 1 atom stereocenters. The summed E-state index contributed by atoms with van der Waals surface area (Å²) in [7, 11) is 0. The Morgan fingerprint density at radius 3 is 2.68 bits per heavy atom. The zero-order chi connectivity index (χ0) is 13.4. The molecule has 0 bridgehead atoms. The van der Waals surface area contributed by atoms with E-state index < -0.39 is 0 Å². The normalized spacial score (nSPS) is 26.6. The summed E-state index contributed by atoms with van der Waals surface area (Å²) < 4.78 is 0. The molecule has 0 aliphatic carbocycles. The summed E-state index contributed by atoms with van der Waals surface area (Å²) in [6, 6.07) is 1.61. The van der Waals surface area contributed by atoms with Gasteiger partial charge in [0.15, 0.2) is 0 Å². The Hall–Kier alpha value is -0.450. The third-order valence-corrected chi connectivity index (χ3v) is 5.69. The Labute approximate surface area is 120 Å². The number of hydrogen-bond acceptors (Lipinski definition) is 4. The molecule has 0 aromatic carbocycles. The van der Waals surface area contributed by atoms with Crippen LogP contribution in [0.15, 0.2) is 0 Å². The van der Waals surface area contributed by atoms with Crippen LogP contribution in [0.4, 0.5) is 0 Å². The van der Waals surface area contributed by atoms with E-state index in [1.165, 1.54) is 54.5 Å². The number of piperidine rings is 1. The van der Waals surface area contributed by atoms with E-state index in [0.29, 0.717) is 0 Å². The topological polar surface area (TPSA) is 19.4 Å². The molecule has 2 aliphatic heterocycles. The first-order chi connectivity index (χ1) is 9.13. The van der Waals surface area contributed by atoms with Gasteiger partial charge in [-0.15, -0.1) is 11.3 Å². The number of thiazole rings is 1. The highest BCUT2D eigenvalue weighted by molar-refractivity contribution is 7.11. The van der Waals surface area contributed by atoms with Gasteiger partial charge >= 0.3 is 0 Å². The van der Waals surface area contributed by atoms with Crippen molar-refractivity contribution in [3.63, 3.8) is 0 Å². The van der Waals surface area contributed by atoms with Crippen molar-refractivity contribution in [2.45, 2.75) is 58.7 Å². The lowest BCUT2D eigenvalue weighted by molar-refractivity contribution is -0.00584. The minimum absolute atomic E-state index is 0.799. The van der Waals surface area contributed by atoms with Gasteiger partial charge in [0.2, 0.25) is 0 Å². The second kappa shape index (κ2) is 5.51. The molecule has 2 fully saturated rings. The quantitative estimate of drug-likeness (QED) is 0.848. The van der Waals surface area contributed by atoms with Crippen LogP contribution in [0.25, 0.3) is 0 Å². The van der Waals surface area contributed by atoms with E-state index in [2.05, 4.69) is 35.6 Å². The fraction of sp³-hybridized carbons (Fsp3) is 0.800. The molecule has 0 unspecified atom stereocenters. The fourth-order valence-electron chi connectivity index (χ4n) is 3.47. The number of rotatable bonds is 3. The number of hydrogen-bond donors (Lipinski definition) is 0. The van der Waals surface area contributed by atoms with Crippen LogP contribution in [0.5, 0.6) is 0 Å². The lowest BCUT2D eigenvalue weighted by Gasteiger charge is -2.49. The molecule has 4 heteroatoms. The van der Waals surface area contributed by atoms with Crippen LogP contribution in [0, 0.1) is 13.8 Å². The van der Waals surface area contributed by atoms with Crippen molar-refractivity contribution < 1.29 is 0 Å². The minimum atomic E-state index is 0.799. The van der Waals surface area contributed by atoms with E-state index in [9.17, 15) is 0 Å². The van der Waals surface area contributed by atoms with Gasteiger partial charge in [-0.25, -0.2) is 4.98 Å². The molecule has 3 heterocycles. The molecule has 0 saturated carbocycles. The highest BCUT2D eigenvalue weighted by Crippen LogP contribution is 2.27. The Kier molecular flexibility index (Phi) is 3.92. The summed E-state index contributed by atoms with van der Waals surface area (Å²) in [5, 5.41) is 1.20. The molecule has 19 heavy (non-hydrogen) atoms. The zero-order valence-corrected chi connectivity index (χ0v) is 13.2. The fourth-order valence-corrected chi connectivity index (χ4v) is 4.45. The molecule has 1 aromatic heterocycles. The molecule has 0 spiro atoms. The molecule has 3 nitrogen and oxygen atoms in total. The van der Waals surface area contributed by atoms with Crippen LogP contribution < -0.4 is 0 Å². The van der Waals surface area contributed by atoms with E-state index in [1.807, 2.05) is 11.3 Å². The summed E-state index contributed by atoms with van der Waals surface area (Å²) in [4.78, 5) is 11.3. The van der Waals surface area contributed by atoms with E-state index in [4.69, 9.17) is 0 Å². The molecule has 1 aromatic rings. The van der Waals surface area contributed by atoms with Crippen molar-refractivity contribution in [3.8, 4) is 0 Å². The second-order valence-corrected chi connectivity index (χ2v) is 7.46. The number of likely N-dealkylation sites (tertiary alicyclic amines) is 2. The molecule has 2 aliphatic rings. The summed E-state index contributed by atoms with van der Waals surface area (Å²) in [5.74, 6) is 0. The summed E-state index contributed by atoms with van der Waals surface area (Å²) >= 11 is 1.86. The SMILES string of the molecule is Cc1nc(C)c(CN2CC(N3CCCC[C@H]3C)C2)s1. The van der Waals surface area contributed by atoms with Crippen LogP contribution >= 0.6 is 11.3 Å². The van der Waals surface area contributed by atoms with Gasteiger partial charge in [0.25, 0.3) is 0 Å². The van der Waals surface area contributed by atoms with E-state index in [1.54, 1.807) is 0 Å². The van der Waals surface area contributed by atoms with Crippen molar-refractivity contribution in [1.82, 2.24) is 14.8 Å². The van der Waals surface area contributed by atoms with Gasteiger partial charge in [-0.2, -0.15) is 0 Å². The van der Waals surface area contributed by atoms with Gasteiger partial charge in [-0.05, 0) is 40.2 Å². The van der Waals surface area contributed by atoms with E-state index >= 15 is 0 Å². The molecule has 0 amide bonds. The maximum Gasteiger partial charge on any atom is 0.0900 e. The second-order valence-electron chi connectivity index (χ2n) is 6.17. The Morgan fingerprint density at radius 1 is 1.26 bits per heavy atom. The third-order valence-electron chi connectivity index (χ3n) is 4.63. The highest BCUT2D eigenvalue weighted by Gasteiger charge is 2.35. The van der Waals surface area contributed by atoms with Gasteiger partial charge in [0, 0.05) is 36.6 Å². The maximum atomic E-state index is 4.52. The highest BCUT2D eigenvalue weighted by atomic mass is 32.1. The molecule has 0 N–H and O–H groups in total. The van der Waals surface area contributed by atoms with Gasteiger partial charge in [-0.1, -0.05) is 6.42 Å². The van der Waals surface area contributed by atoms with Crippen LogP contribution in [-0.4, -0.2) is 46.5 Å². The Balaban J connectivity index is 1.51. The third kappa shape index (κ3) is 2.86. The van der Waals surface area contributed by atoms with Crippen LogP contribution in [0.3, 0.4) is 0 Å². The van der Waals surface area contributed by atoms with E-state index in [-0.39, 0.29) is 0 Å². The summed E-state index contributed by atoms with van der Waals surface area (Å²) in [6.45, 7) is 11.6. The predicted molar refractivity (Wildman–Crippen MR) is 80.7 cm³/mol. The number of aromatic nitrogens is 1. The van der Waals surface area contributed by atoms with Crippen molar-refractivity contribution in [2.75, 3.05) is 19.6 Å². The molecule has 3 rings (SSSR count). The van der Waals surface area contributed by atoms with Crippen LogP contribution in [-0.2, 0) is 6.54 Å². The smallest absolute Gasteiger partial charge is 0.0900 e. The van der Waals surface area contributed by atoms with Crippen molar-refractivity contribution >= 4 is 11.3 Å². The zero-order valence-electron chi connectivity index (χ0n) is 12.4. The lowest BCUT2D eigenvalue weighted by Crippen LogP contribution is -2.61. The van der Waals surface area contributed by atoms with Crippen LogP contribution in [0.1, 0.15) is 41.8 Å². The largest absolute Gasteiger partial charge is 0.295 e. The van der Waals surface area contributed by atoms with Crippen LogP contribution in [0.2, 0.25) is 0 Å². The summed E-state index contributed by atoms with van der Waals surface area (Å²) in [5.41, 5.74) is 1.23. The average molecular weight is 279 g/mol.